The zero-order chi connectivity index (χ0) is 9.90. The van der Waals surface area contributed by atoms with E-state index in [0.717, 1.165) is 6.20 Å². The molecule has 0 aliphatic rings. The standard InChI is InChI=1S/C6H5F3N2O2/c1-12-4-2-10-3-5(11-4)13-6(7,8)9/h2-3H,1H3. The number of rotatable bonds is 2. The van der Waals surface area contributed by atoms with Gasteiger partial charge in [0, 0.05) is 0 Å². The maximum absolute atomic E-state index is 11.6. The van der Waals surface area contributed by atoms with Crippen LogP contribution in [0.2, 0.25) is 0 Å². The fourth-order valence-electron chi connectivity index (χ4n) is 0.597. The van der Waals surface area contributed by atoms with Crippen molar-refractivity contribution >= 4 is 0 Å². The lowest BCUT2D eigenvalue weighted by atomic mass is 10.7. The summed E-state index contributed by atoms with van der Waals surface area (Å²) >= 11 is 0. The van der Waals surface area contributed by atoms with Gasteiger partial charge in [0.25, 0.3) is 0 Å². The first kappa shape index (κ1) is 9.56. The molecule has 0 saturated carbocycles. The zero-order valence-electron chi connectivity index (χ0n) is 6.50. The third-order valence-corrected chi connectivity index (χ3v) is 1.02. The number of hydrogen-bond donors (Lipinski definition) is 0. The summed E-state index contributed by atoms with van der Waals surface area (Å²) in [5.41, 5.74) is 0. The Kier molecular flexibility index (Phi) is 2.54. The molecule has 1 heterocycles. The minimum Gasteiger partial charge on any atom is -0.480 e. The molecule has 1 aromatic rings. The van der Waals surface area contributed by atoms with Crippen LogP contribution in [0.25, 0.3) is 0 Å². The Morgan fingerprint density at radius 2 is 1.85 bits per heavy atom. The van der Waals surface area contributed by atoms with Crippen molar-refractivity contribution in [3.8, 4) is 11.8 Å². The molecule has 0 aliphatic carbocycles. The van der Waals surface area contributed by atoms with E-state index in [0.29, 0.717) is 0 Å². The van der Waals surface area contributed by atoms with Gasteiger partial charge in [0.2, 0.25) is 11.8 Å². The largest absolute Gasteiger partial charge is 0.574 e. The van der Waals surface area contributed by atoms with Crippen molar-refractivity contribution in [2.75, 3.05) is 7.11 Å². The van der Waals surface area contributed by atoms with Gasteiger partial charge in [-0.3, -0.25) is 4.98 Å². The highest BCUT2D eigenvalue weighted by Crippen LogP contribution is 2.21. The maximum atomic E-state index is 11.6. The number of ether oxygens (including phenoxy) is 2. The summed E-state index contributed by atoms with van der Waals surface area (Å²) in [7, 11) is 1.27. The van der Waals surface area contributed by atoms with Crippen LogP contribution in [0.4, 0.5) is 13.2 Å². The molecule has 4 nitrogen and oxygen atoms in total. The van der Waals surface area contributed by atoms with E-state index in [1.165, 1.54) is 13.3 Å². The van der Waals surface area contributed by atoms with Crippen LogP contribution in [-0.4, -0.2) is 23.4 Å². The Balaban J connectivity index is 2.78. The quantitative estimate of drug-likeness (QED) is 0.713. The van der Waals surface area contributed by atoms with Crippen LogP contribution >= 0.6 is 0 Å². The van der Waals surface area contributed by atoms with E-state index in [1.54, 1.807) is 0 Å². The highest BCUT2D eigenvalue weighted by molar-refractivity contribution is 5.12. The van der Waals surface area contributed by atoms with Crippen LogP contribution in [-0.2, 0) is 0 Å². The molecule has 1 rings (SSSR count). The monoisotopic (exact) mass is 194 g/mol. The van der Waals surface area contributed by atoms with Crippen LogP contribution in [0.1, 0.15) is 0 Å². The lowest BCUT2D eigenvalue weighted by Gasteiger charge is -2.07. The van der Waals surface area contributed by atoms with Crippen LogP contribution in [0, 0.1) is 0 Å². The first-order chi connectivity index (χ1) is 6.01. The topological polar surface area (TPSA) is 44.2 Å². The minimum atomic E-state index is -4.76. The molecule has 0 N–H and O–H groups in total. The maximum Gasteiger partial charge on any atom is 0.574 e. The molecule has 72 valence electrons. The molecule has 0 unspecified atom stereocenters. The van der Waals surface area contributed by atoms with E-state index >= 15 is 0 Å². The van der Waals surface area contributed by atoms with Crippen LogP contribution in [0.3, 0.4) is 0 Å². The van der Waals surface area contributed by atoms with Gasteiger partial charge < -0.3 is 9.47 Å². The van der Waals surface area contributed by atoms with Gasteiger partial charge >= 0.3 is 6.36 Å². The fraction of sp³-hybridized carbons (Fsp3) is 0.333. The Bertz CT molecular complexity index is 289. The molecule has 1 aromatic heterocycles. The molecule has 0 spiro atoms. The lowest BCUT2D eigenvalue weighted by molar-refractivity contribution is -0.276. The highest BCUT2D eigenvalue weighted by Gasteiger charge is 2.32. The average Bonchev–Trinajstić information content (AvgIpc) is 2.01. The molecule has 13 heavy (non-hydrogen) atoms. The minimum absolute atomic E-state index is 0.0400. The Labute approximate surface area is 71.3 Å². The van der Waals surface area contributed by atoms with Gasteiger partial charge in [0.15, 0.2) is 0 Å². The summed E-state index contributed by atoms with van der Waals surface area (Å²) in [4.78, 5) is 6.78. The molecule has 0 aromatic carbocycles. The molecule has 0 radical (unpaired) electrons. The zero-order valence-corrected chi connectivity index (χ0v) is 6.50. The van der Waals surface area contributed by atoms with Crippen molar-refractivity contribution in [2.24, 2.45) is 0 Å². The fourth-order valence-corrected chi connectivity index (χ4v) is 0.597. The molecule has 0 atom stereocenters. The van der Waals surface area contributed by atoms with Crippen LogP contribution < -0.4 is 9.47 Å². The number of methoxy groups -OCH3 is 1. The number of nitrogens with zero attached hydrogens (tertiary/aromatic N) is 2. The Morgan fingerprint density at radius 3 is 2.38 bits per heavy atom. The van der Waals surface area contributed by atoms with Gasteiger partial charge in [-0.15, -0.1) is 13.2 Å². The van der Waals surface area contributed by atoms with Crippen molar-refractivity contribution in [3.63, 3.8) is 0 Å². The molecule has 7 heteroatoms. The van der Waals surface area contributed by atoms with Gasteiger partial charge in [-0.05, 0) is 0 Å². The van der Waals surface area contributed by atoms with E-state index in [2.05, 4.69) is 19.4 Å². The molecular formula is C6H5F3N2O2. The van der Waals surface area contributed by atoms with Crippen molar-refractivity contribution in [2.45, 2.75) is 6.36 Å². The van der Waals surface area contributed by atoms with Gasteiger partial charge in [-0.25, -0.2) is 0 Å². The SMILES string of the molecule is COc1cncc(OC(F)(F)F)n1. The summed E-state index contributed by atoms with van der Waals surface area (Å²) < 4.78 is 43.0. The number of hydrogen-bond acceptors (Lipinski definition) is 4. The number of aromatic nitrogens is 2. The second kappa shape index (κ2) is 3.46. The summed E-state index contributed by atoms with van der Waals surface area (Å²) in [6.45, 7) is 0. The van der Waals surface area contributed by atoms with Crippen LogP contribution in [0.15, 0.2) is 12.4 Å². The second-order valence-electron chi connectivity index (χ2n) is 1.95. The normalized spacial score (nSPS) is 11.1. The first-order valence-electron chi connectivity index (χ1n) is 3.13. The van der Waals surface area contributed by atoms with Crippen molar-refractivity contribution in [1.29, 1.82) is 0 Å². The van der Waals surface area contributed by atoms with Crippen molar-refractivity contribution < 1.29 is 22.6 Å². The Hall–Kier alpha value is -1.53. The average molecular weight is 194 g/mol. The first-order valence-corrected chi connectivity index (χ1v) is 3.13. The van der Waals surface area contributed by atoms with Gasteiger partial charge in [-0.1, -0.05) is 0 Å². The van der Waals surface area contributed by atoms with E-state index in [9.17, 15) is 13.2 Å². The van der Waals surface area contributed by atoms with Gasteiger partial charge in [0.1, 0.15) is 0 Å². The molecule has 0 bridgehead atoms. The Morgan fingerprint density at radius 1 is 1.23 bits per heavy atom. The second-order valence-corrected chi connectivity index (χ2v) is 1.95. The van der Waals surface area contributed by atoms with Crippen LogP contribution in [0.5, 0.6) is 11.8 Å². The predicted molar refractivity (Wildman–Crippen MR) is 35.3 cm³/mol. The lowest BCUT2D eigenvalue weighted by Crippen LogP contribution is -2.18. The summed E-state index contributed by atoms with van der Waals surface area (Å²) in [5, 5.41) is 0. The smallest absolute Gasteiger partial charge is 0.480 e. The van der Waals surface area contributed by atoms with E-state index in [1.807, 2.05) is 0 Å². The molecule has 0 saturated heterocycles. The van der Waals surface area contributed by atoms with Crippen molar-refractivity contribution in [1.82, 2.24) is 9.97 Å². The predicted octanol–water partition coefficient (Wildman–Crippen LogP) is 1.38. The molecule has 0 fully saturated rings. The molecular weight excluding hydrogens is 189 g/mol. The third kappa shape index (κ3) is 3.14. The molecule has 0 amide bonds. The van der Waals surface area contributed by atoms with E-state index in [4.69, 9.17) is 0 Å². The number of halogens is 3. The van der Waals surface area contributed by atoms with E-state index < -0.39 is 12.2 Å². The van der Waals surface area contributed by atoms with Gasteiger partial charge in [0.05, 0.1) is 19.5 Å². The van der Waals surface area contributed by atoms with Gasteiger partial charge in [-0.2, -0.15) is 4.98 Å². The highest BCUT2D eigenvalue weighted by atomic mass is 19.4. The molecule has 0 aliphatic heterocycles. The van der Waals surface area contributed by atoms with Crippen molar-refractivity contribution in [3.05, 3.63) is 12.4 Å². The summed E-state index contributed by atoms with van der Waals surface area (Å²) in [6, 6.07) is 0. The summed E-state index contributed by atoms with van der Waals surface area (Å²) in [5.74, 6) is -0.686. The summed E-state index contributed by atoms with van der Waals surface area (Å²) in [6.07, 6.45) is -2.75. The third-order valence-electron chi connectivity index (χ3n) is 1.02. The number of alkyl halides is 3. The van der Waals surface area contributed by atoms with E-state index in [-0.39, 0.29) is 5.88 Å².